The third kappa shape index (κ3) is 3.31. The third-order valence-electron chi connectivity index (χ3n) is 5.75. The molecule has 0 spiro atoms. The second-order valence-electron chi connectivity index (χ2n) is 7.62. The van der Waals surface area contributed by atoms with Gasteiger partial charge in [0.05, 0.1) is 25.1 Å². The molecular weight excluding hydrogens is 497 g/mol. The van der Waals surface area contributed by atoms with Gasteiger partial charge in [0.25, 0.3) is 5.92 Å². The molecule has 0 aromatic heterocycles. The number of alkyl halides is 2. The maximum Gasteiger partial charge on any atom is 0.327 e. The van der Waals surface area contributed by atoms with Crippen LogP contribution in [0.4, 0.5) is 13.2 Å². The van der Waals surface area contributed by atoms with Crippen LogP contribution in [0.15, 0.2) is 51.9 Å². The molecule has 31 heavy (non-hydrogen) atoms. The molecule has 0 amide bonds. The molecule has 5 nitrogen and oxygen atoms in total. The Morgan fingerprint density at radius 1 is 1.29 bits per heavy atom. The van der Waals surface area contributed by atoms with Crippen LogP contribution >= 0.6 is 27.7 Å². The molecule has 0 radical (unpaired) electrons. The van der Waals surface area contributed by atoms with Gasteiger partial charge in [0.1, 0.15) is 11.6 Å². The van der Waals surface area contributed by atoms with Crippen molar-refractivity contribution in [1.29, 1.82) is 0 Å². The van der Waals surface area contributed by atoms with E-state index in [-0.39, 0.29) is 17.3 Å². The number of hydrogen-bond acceptors (Lipinski definition) is 4. The summed E-state index contributed by atoms with van der Waals surface area (Å²) in [5, 5.41) is 12.7. The Balaban J connectivity index is 1.75. The van der Waals surface area contributed by atoms with E-state index in [9.17, 15) is 23.1 Å². The first-order valence-electron chi connectivity index (χ1n) is 9.27. The molecule has 1 aliphatic heterocycles. The van der Waals surface area contributed by atoms with E-state index in [0.29, 0.717) is 22.0 Å². The molecule has 0 bridgehead atoms. The first-order chi connectivity index (χ1) is 14.6. The van der Waals surface area contributed by atoms with E-state index in [4.69, 9.17) is 4.74 Å². The summed E-state index contributed by atoms with van der Waals surface area (Å²) in [6, 6.07) is 11.0. The van der Waals surface area contributed by atoms with Crippen molar-refractivity contribution in [3.8, 4) is 5.75 Å². The Hall–Kier alpha value is -2.20. The number of methoxy groups -OCH3 is 1. The third-order valence-corrected chi connectivity index (χ3v) is 7.67. The van der Waals surface area contributed by atoms with E-state index >= 15 is 0 Å². The van der Waals surface area contributed by atoms with E-state index in [1.807, 2.05) is 0 Å². The number of aliphatic carboxylic acids is 1. The predicted octanol–water partition coefficient (Wildman–Crippen LogP) is 4.79. The van der Waals surface area contributed by atoms with Gasteiger partial charge in [-0.1, -0.05) is 39.8 Å². The fourth-order valence-corrected chi connectivity index (χ4v) is 5.99. The molecule has 1 saturated heterocycles. The number of hydrogen-bond donors (Lipinski definition) is 2. The van der Waals surface area contributed by atoms with Crippen LogP contribution in [0.25, 0.3) is 0 Å². The zero-order chi connectivity index (χ0) is 22.6. The van der Waals surface area contributed by atoms with Gasteiger partial charge in [-0.3, -0.25) is 9.79 Å². The van der Waals surface area contributed by atoms with Crippen molar-refractivity contribution >= 4 is 38.8 Å². The minimum absolute atomic E-state index is 0.0218. The van der Waals surface area contributed by atoms with Crippen LogP contribution in [0.1, 0.15) is 18.1 Å². The van der Waals surface area contributed by atoms with Gasteiger partial charge in [0.2, 0.25) is 0 Å². The lowest BCUT2D eigenvalue weighted by Crippen LogP contribution is -2.52. The number of benzene rings is 2. The van der Waals surface area contributed by atoms with Crippen molar-refractivity contribution in [2.45, 2.75) is 29.7 Å². The zero-order valence-corrected chi connectivity index (χ0v) is 18.9. The first-order valence-corrected chi connectivity index (χ1v) is 10.9. The number of carboxylic acids is 1. The molecule has 3 atom stereocenters. The highest BCUT2D eigenvalue weighted by Gasteiger charge is 2.92. The highest BCUT2D eigenvalue weighted by Crippen LogP contribution is 2.74. The second-order valence-corrected chi connectivity index (χ2v) is 9.77. The highest BCUT2D eigenvalue weighted by atomic mass is 79.9. The van der Waals surface area contributed by atoms with Gasteiger partial charge < -0.3 is 15.2 Å². The summed E-state index contributed by atoms with van der Waals surface area (Å²) < 4.78 is 47.9. The number of nitrogens with zero attached hydrogens (tertiary/aromatic N) is 1. The quantitative estimate of drug-likeness (QED) is 0.600. The van der Waals surface area contributed by atoms with Crippen LogP contribution in [-0.2, 0) is 16.9 Å². The number of halogens is 4. The number of carbonyl (C=O) groups is 1. The van der Waals surface area contributed by atoms with Gasteiger partial charge in [-0.25, -0.2) is 13.2 Å². The fourth-order valence-electron chi connectivity index (χ4n) is 4.14. The number of ether oxygens (including phenoxy) is 1. The minimum atomic E-state index is -3.56. The number of carboxylic acid groups (broad SMARTS) is 1. The summed E-state index contributed by atoms with van der Waals surface area (Å²) in [5.74, 6) is -6.91. The molecule has 3 unspecified atom stereocenters. The second kappa shape index (κ2) is 7.44. The molecule has 2 aromatic rings. The maximum atomic E-state index is 15.0. The highest BCUT2D eigenvalue weighted by molar-refractivity contribution is 9.10. The molecule has 2 aromatic carbocycles. The summed E-state index contributed by atoms with van der Waals surface area (Å²) in [5.41, 5.74) is -0.952. The van der Waals surface area contributed by atoms with Gasteiger partial charge in [-0.05, 0) is 42.8 Å². The van der Waals surface area contributed by atoms with Crippen LogP contribution in [0.5, 0.6) is 5.75 Å². The van der Waals surface area contributed by atoms with E-state index < -0.39 is 33.9 Å². The lowest BCUT2D eigenvalue weighted by molar-refractivity contribution is -0.139. The number of thioether (sulfide) groups is 1. The van der Waals surface area contributed by atoms with Crippen molar-refractivity contribution in [3.63, 3.8) is 0 Å². The largest absolute Gasteiger partial charge is 0.497 e. The first kappa shape index (κ1) is 22.0. The lowest BCUT2D eigenvalue weighted by Gasteiger charge is -2.37. The van der Waals surface area contributed by atoms with Crippen LogP contribution in [-0.4, -0.2) is 34.0 Å². The van der Waals surface area contributed by atoms with Crippen molar-refractivity contribution in [2.75, 3.05) is 7.11 Å². The van der Waals surface area contributed by atoms with Gasteiger partial charge in [-0.15, -0.1) is 0 Å². The number of aliphatic imine (C=N–C) groups is 1. The Morgan fingerprint density at radius 3 is 2.58 bits per heavy atom. The van der Waals surface area contributed by atoms with Crippen LogP contribution in [0, 0.1) is 11.7 Å². The molecule has 164 valence electrons. The van der Waals surface area contributed by atoms with Crippen LogP contribution in [0.3, 0.4) is 0 Å². The van der Waals surface area contributed by atoms with Gasteiger partial charge in [0, 0.05) is 10.0 Å². The number of nitrogens with one attached hydrogen (secondary N) is 1. The standard InChI is InChI=1S/C21H18BrF3N2O3S/c1-19(14-9-12(22)5-8-15(14)23)16-20(17(28)29,21(16,24)25)31-18(27-19)26-10-11-3-6-13(30-2)7-4-11/h3-9,16H,10H2,1-2H3,(H,26,27)(H,28,29). The van der Waals surface area contributed by atoms with Crippen LogP contribution in [0.2, 0.25) is 0 Å². The van der Waals surface area contributed by atoms with E-state index in [1.54, 1.807) is 24.3 Å². The molecule has 2 N–H and O–H groups in total. The van der Waals surface area contributed by atoms with Crippen molar-refractivity contribution < 1.29 is 27.8 Å². The number of rotatable bonds is 5. The van der Waals surface area contributed by atoms with E-state index in [1.165, 1.54) is 26.2 Å². The zero-order valence-electron chi connectivity index (χ0n) is 16.5. The normalized spacial score (nSPS) is 29.7. The van der Waals surface area contributed by atoms with Crippen molar-refractivity contribution in [1.82, 2.24) is 5.32 Å². The Morgan fingerprint density at radius 2 is 1.97 bits per heavy atom. The molecule has 2 fully saturated rings. The summed E-state index contributed by atoms with van der Waals surface area (Å²) in [7, 11) is 1.54. The average Bonchev–Trinajstić information content (AvgIpc) is 3.26. The Bertz CT molecular complexity index is 1080. The minimum Gasteiger partial charge on any atom is -0.497 e. The van der Waals surface area contributed by atoms with Gasteiger partial charge in [0.15, 0.2) is 9.91 Å². The smallest absolute Gasteiger partial charge is 0.327 e. The Kier molecular flexibility index (Phi) is 5.28. The summed E-state index contributed by atoms with van der Waals surface area (Å²) >= 11 is 3.72. The van der Waals surface area contributed by atoms with Crippen molar-refractivity contribution in [3.05, 3.63) is 63.9 Å². The SMILES string of the molecule is COc1ccc(CN=C2NC(C)(c3cc(Br)ccc3F)C3C(F)(F)C3(C(=O)O)S2)cc1. The van der Waals surface area contributed by atoms with Crippen molar-refractivity contribution in [2.24, 2.45) is 10.9 Å². The maximum absolute atomic E-state index is 15.0. The van der Waals surface area contributed by atoms with Crippen LogP contribution < -0.4 is 10.1 Å². The fraction of sp³-hybridized carbons (Fsp3) is 0.333. The van der Waals surface area contributed by atoms with E-state index in [0.717, 1.165) is 11.6 Å². The Labute approximate surface area is 189 Å². The summed E-state index contributed by atoms with van der Waals surface area (Å²) in [6.45, 7) is 1.52. The average molecular weight is 515 g/mol. The lowest BCUT2D eigenvalue weighted by atomic mass is 9.85. The predicted molar refractivity (Wildman–Crippen MR) is 115 cm³/mol. The molecule has 1 saturated carbocycles. The number of fused-ring (bicyclic) bond motifs is 1. The molecular formula is C21H18BrF3N2O3S. The molecule has 1 heterocycles. The molecule has 10 heteroatoms. The topological polar surface area (TPSA) is 70.9 Å². The van der Waals surface area contributed by atoms with Gasteiger partial charge >= 0.3 is 5.97 Å². The van der Waals surface area contributed by atoms with E-state index in [2.05, 4.69) is 26.2 Å². The molecule has 4 rings (SSSR count). The van der Waals surface area contributed by atoms with Gasteiger partial charge in [-0.2, -0.15) is 0 Å². The molecule has 1 aliphatic carbocycles. The summed E-state index contributed by atoms with van der Waals surface area (Å²) in [4.78, 5) is 16.3. The molecule has 2 aliphatic rings. The summed E-state index contributed by atoms with van der Waals surface area (Å²) in [6.07, 6.45) is 0. The number of amidine groups is 1. The monoisotopic (exact) mass is 514 g/mol.